The highest BCUT2D eigenvalue weighted by Gasteiger charge is 2.13. The largest absolute Gasteiger partial charge is 0.382 e. The summed E-state index contributed by atoms with van der Waals surface area (Å²) in [4.78, 5) is 4.14. The summed E-state index contributed by atoms with van der Waals surface area (Å²) in [6, 6.07) is 5.90. The highest BCUT2D eigenvalue weighted by atomic mass is 32.1. The zero-order chi connectivity index (χ0) is 14.7. The van der Waals surface area contributed by atoms with Crippen molar-refractivity contribution in [2.75, 3.05) is 17.6 Å². The molecule has 7 heteroatoms. The Morgan fingerprint density at radius 1 is 1.33 bits per heavy atom. The van der Waals surface area contributed by atoms with Gasteiger partial charge in [-0.2, -0.15) is 9.47 Å². The molecule has 6 nitrogen and oxygen atoms in total. The molecule has 3 aromatic rings. The number of nitrogen functional groups attached to an aromatic ring is 1. The van der Waals surface area contributed by atoms with Crippen LogP contribution in [0.2, 0.25) is 0 Å². The van der Waals surface area contributed by atoms with Crippen molar-refractivity contribution in [1.82, 2.24) is 19.1 Å². The van der Waals surface area contributed by atoms with E-state index in [1.807, 2.05) is 29.9 Å². The molecule has 21 heavy (non-hydrogen) atoms. The second kappa shape index (κ2) is 5.92. The Balaban J connectivity index is 1.73. The number of aryl methyl sites for hydroxylation is 1. The lowest BCUT2D eigenvalue weighted by Gasteiger charge is -2.07. The van der Waals surface area contributed by atoms with E-state index in [2.05, 4.69) is 19.8 Å². The molecular weight excluding hydrogens is 284 g/mol. The predicted molar refractivity (Wildman–Crippen MR) is 85.2 cm³/mol. The van der Waals surface area contributed by atoms with Gasteiger partial charge in [0.2, 0.25) is 0 Å². The van der Waals surface area contributed by atoms with Gasteiger partial charge in [0.05, 0.1) is 5.56 Å². The number of nitrogens with one attached hydrogen (secondary N) is 1. The average molecular weight is 300 g/mol. The Labute approximate surface area is 126 Å². The lowest BCUT2D eigenvalue weighted by atomic mass is 10.1. The van der Waals surface area contributed by atoms with Crippen molar-refractivity contribution >= 4 is 22.4 Å². The zero-order valence-corrected chi connectivity index (χ0v) is 12.5. The number of pyridine rings is 1. The van der Waals surface area contributed by atoms with Crippen LogP contribution < -0.4 is 11.1 Å². The fraction of sp³-hybridized carbons (Fsp3) is 0.214. The van der Waals surface area contributed by atoms with Crippen molar-refractivity contribution in [1.29, 1.82) is 0 Å². The quantitative estimate of drug-likeness (QED) is 0.754. The van der Waals surface area contributed by atoms with Crippen LogP contribution in [0.3, 0.4) is 0 Å². The maximum Gasteiger partial charge on any atom is 0.147 e. The molecule has 3 rings (SSSR count). The van der Waals surface area contributed by atoms with E-state index in [4.69, 9.17) is 5.73 Å². The predicted octanol–water partition coefficient (Wildman–Crippen LogP) is 2.18. The first-order valence-electron chi connectivity index (χ1n) is 6.62. The first-order chi connectivity index (χ1) is 10.3. The molecule has 0 amide bonds. The third-order valence-electron chi connectivity index (χ3n) is 3.26. The number of nitrogens with two attached hydrogens (primary N) is 1. The normalized spacial score (nSPS) is 10.7. The summed E-state index contributed by atoms with van der Waals surface area (Å²) in [5.41, 5.74) is 9.07. The van der Waals surface area contributed by atoms with Gasteiger partial charge >= 0.3 is 0 Å². The standard InChI is InChI=1S/C14H16N6S/c1-20-11(5-8-18-20)4-7-17-14-12(13(15)19-21-14)10-3-2-6-16-9-10/h2-3,5-6,8-9,17H,4,7H2,1H3,(H2,15,19). The lowest BCUT2D eigenvalue weighted by Crippen LogP contribution is -2.08. The molecule has 0 saturated carbocycles. The summed E-state index contributed by atoms with van der Waals surface area (Å²) in [5, 5.41) is 8.54. The van der Waals surface area contributed by atoms with E-state index >= 15 is 0 Å². The monoisotopic (exact) mass is 300 g/mol. The second-order valence-electron chi connectivity index (χ2n) is 4.64. The first kappa shape index (κ1) is 13.6. The molecule has 0 bridgehead atoms. The SMILES string of the molecule is Cn1nccc1CCNc1snc(N)c1-c1cccnc1. The summed E-state index contributed by atoms with van der Waals surface area (Å²) in [7, 11) is 1.95. The number of aromatic nitrogens is 4. The number of nitrogens with zero attached hydrogens (tertiary/aromatic N) is 4. The van der Waals surface area contributed by atoms with Crippen LogP contribution in [-0.2, 0) is 13.5 Å². The summed E-state index contributed by atoms with van der Waals surface area (Å²) in [6.45, 7) is 0.800. The van der Waals surface area contributed by atoms with E-state index in [9.17, 15) is 0 Å². The van der Waals surface area contributed by atoms with E-state index < -0.39 is 0 Å². The molecule has 0 radical (unpaired) electrons. The van der Waals surface area contributed by atoms with Crippen molar-refractivity contribution < 1.29 is 0 Å². The van der Waals surface area contributed by atoms with Crippen molar-refractivity contribution in [3.63, 3.8) is 0 Å². The molecule has 0 aliphatic carbocycles. The summed E-state index contributed by atoms with van der Waals surface area (Å²) in [6.07, 6.45) is 6.24. The molecule has 108 valence electrons. The van der Waals surface area contributed by atoms with Crippen LogP contribution in [-0.4, -0.2) is 25.7 Å². The van der Waals surface area contributed by atoms with Gasteiger partial charge in [-0.1, -0.05) is 6.07 Å². The number of rotatable bonds is 5. The van der Waals surface area contributed by atoms with Crippen molar-refractivity contribution in [2.24, 2.45) is 7.05 Å². The second-order valence-corrected chi connectivity index (χ2v) is 5.41. The van der Waals surface area contributed by atoms with Gasteiger partial charge in [0, 0.05) is 49.9 Å². The smallest absolute Gasteiger partial charge is 0.147 e. The van der Waals surface area contributed by atoms with Gasteiger partial charge in [-0.3, -0.25) is 9.67 Å². The van der Waals surface area contributed by atoms with Gasteiger partial charge in [0.1, 0.15) is 10.8 Å². The maximum atomic E-state index is 5.98. The van der Waals surface area contributed by atoms with Gasteiger partial charge in [0.15, 0.2) is 0 Å². The average Bonchev–Trinajstić information content (AvgIpc) is 3.07. The Hall–Kier alpha value is -2.41. The molecule has 3 aromatic heterocycles. The zero-order valence-electron chi connectivity index (χ0n) is 11.7. The minimum Gasteiger partial charge on any atom is -0.382 e. The van der Waals surface area contributed by atoms with Gasteiger partial charge in [-0.05, 0) is 23.7 Å². The van der Waals surface area contributed by atoms with E-state index in [1.165, 1.54) is 17.2 Å². The Kier molecular flexibility index (Phi) is 3.83. The van der Waals surface area contributed by atoms with Crippen molar-refractivity contribution in [3.05, 3.63) is 42.5 Å². The number of hydrogen-bond acceptors (Lipinski definition) is 6. The molecule has 0 aliphatic heterocycles. The fourth-order valence-electron chi connectivity index (χ4n) is 2.16. The van der Waals surface area contributed by atoms with Crippen LogP contribution in [0.5, 0.6) is 0 Å². The first-order valence-corrected chi connectivity index (χ1v) is 7.39. The molecule has 0 atom stereocenters. The van der Waals surface area contributed by atoms with Crippen LogP contribution >= 0.6 is 11.5 Å². The van der Waals surface area contributed by atoms with Gasteiger partial charge in [-0.15, -0.1) is 0 Å². The van der Waals surface area contributed by atoms with Gasteiger partial charge in [-0.25, -0.2) is 0 Å². The van der Waals surface area contributed by atoms with Crippen LogP contribution in [0.15, 0.2) is 36.8 Å². The highest BCUT2D eigenvalue weighted by molar-refractivity contribution is 7.11. The molecular formula is C14H16N6S. The molecule has 3 N–H and O–H groups in total. The summed E-state index contributed by atoms with van der Waals surface area (Å²) in [5.74, 6) is 0.538. The van der Waals surface area contributed by atoms with E-state index in [0.717, 1.165) is 29.1 Å². The molecule has 0 aromatic carbocycles. The number of hydrogen-bond donors (Lipinski definition) is 2. The molecule has 0 saturated heterocycles. The van der Waals surface area contributed by atoms with Crippen LogP contribution in [0.1, 0.15) is 5.69 Å². The Bertz CT molecular complexity index is 718. The topological polar surface area (TPSA) is 81.7 Å². The Morgan fingerprint density at radius 3 is 2.95 bits per heavy atom. The molecule has 0 unspecified atom stereocenters. The fourth-order valence-corrected chi connectivity index (χ4v) is 2.92. The van der Waals surface area contributed by atoms with Crippen molar-refractivity contribution in [3.8, 4) is 11.1 Å². The molecule has 0 aliphatic rings. The number of anilines is 2. The maximum absolute atomic E-state index is 5.98. The third-order valence-corrected chi connectivity index (χ3v) is 4.08. The molecule has 3 heterocycles. The Morgan fingerprint density at radius 2 is 2.24 bits per heavy atom. The van der Waals surface area contributed by atoms with Crippen LogP contribution in [0, 0.1) is 0 Å². The third kappa shape index (κ3) is 2.87. The minimum atomic E-state index is 0.538. The van der Waals surface area contributed by atoms with E-state index in [1.54, 1.807) is 18.6 Å². The van der Waals surface area contributed by atoms with Gasteiger partial charge < -0.3 is 11.1 Å². The van der Waals surface area contributed by atoms with Gasteiger partial charge in [0.25, 0.3) is 0 Å². The van der Waals surface area contributed by atoms with E-state index in [-0.39, 0.29) is 0 Å². The van der Waals surface area contributed by atoms with Crippen molar-refractivity contribution in [2.45, 2.75) is 6.42 Å². The summed E-state index contributed by atoms with van der Waals surface area (Å²) < 4.78 is 6.12. The van der Waals surface area contributed by atoms with E-state index in [0.29, 0.717) is 5.82 Å². The van der Waals surface area contributed by atoms with Crippen LogP contribution in [0.25, 0.3) is 11.1 Å². The highest BCUT2D eigenvalue weighted by Crippen LogP contribution is 2.36. The van der Waals surface area contributed by atoms with Crippen LogP contribution in [0.4, 0.5) is 10.8 Å². The molecule has 0 fully saturated rings. The lowest BCUT2D eigenvalue weighted by molar-refractivity contribution is 0.711. The minimum absolute atomic E-state index is 0.538. The summed E-state index contributed by atoms with van der Waals surface area (Å²) >= 11 is 1.38. The molecule has 0 spiro atoms.